The van der Waals surface area contributed by atoms with Crippen LogP contribution in [0.15, 0.2) is 88.2 Å². The van der Waals surface area contributed by atoms with Gasteiger partial charge in [0.05, 0.1) is 0 Å². The van der Waals surface area contributed by atoms with Crippen molar-refractivity contribution < 1.29 is 9.59 Å². The van der Waals surface area contributed by atoms with Crippen molar-refractivity contribution in [3.63, 3.8) is 0 Å². The van der Waals surface area contributed by atoms with E-state index in [1.165, 1.54) is 0 Å². The van der Waals surface area contributed by atoms with Gasteiger partial charge in [-0.25, -0.2) is 0 Å². The fraction of sp³-hybridized carbons (Fsp3) is 0.310. The summed E-state index contributed by atoms with van der Waals surface area (Å²) < 4.78 is 0.971. The number of nitrogens with one attached hydrogen (secondary N) is 1. The molecule has 0 fully saturated rings. The number of hydrogen-bond donors (Lipinski definition) is 1. The molecule has 0 aliphatic heterocycles. The molecule has 0 saturated heterocycles. The third-order valence-electron chi connectivity index (χ3n) is 5.62. The number of benzene rings is 3. The maximum Gasteiger partial charge on any atom is 0.243 e. The van der Waals surface area contributed by atoms with Crippen LogP contribution in [-0.4, -0.2) is 35.1 Å². The number of halogens is 2. The molecule has 0 bridgehead atoms. The average molecular weight is 588 g/mol. The number of carbonyl (C=O) groups is 2. The second-order valence-corrected chi connectivity index (χ2v) is 11.6. The van der Waals surface area contributed by atoms with Gasteiger partial charge >= 0.3 is 0 Å². The molecule has 36 heavy (non-hydrogen) atoms. The van der Waals surface area contributed by atoms with Crippen LogP contribution >= 0.6 is 39.3 Å². The van der Waals surface area contributed by atoms with Gasteiger partial charge in [0.25, 0.3) is 0 Å². The van der Waals surface area contributed by atoms with Gasteiger partial charge in [-0.1, -0.05) is 83.8 Å². The lowest BCUT2D eigenvalue weighted by molar-refractivity contribution is -0.141. The van der Waals surface area contributed by atoms with Crippen LogP contribution in [0.4, 0.5) is 0 Å². The fourth-order valence-electron chi connectivity index (χ4n) is 3.69. The number of nitrogens with zero attached hydrogens (tertiary/aromatic N) is 1. The van der Waals surface area contributed by atoms with Crippen molar-refractivity contribution in [1.29, 1.82) is 0 Å². The van der Waals surface area contributed by atoms with Crippen molar-refractivity contribution >= 4 is 51.1 Å². The first-order valence-corrected chi connectivity index (χ1v) is 14.2. The van der Waals surface area contributed by atoms with Crippen molar-refractivity contribution in [3.05, 3.63) is 99.5 Å². The van der Waals surface area contributed by atoms with E-state index < -0.39 is 6.04 Å². The van der Waals surface area contributed by atoms with E-state index in [2.05, 4.69) is 35.1 Å². The lowest BCUT2D eigenvalue weighted by Crippen LogP contribution is -2.51. The second-order valence-electron chi connectivity index (χ2n) is 9.05. The van der Waals surface area contributed by atoms with Gasteiger partial charge in [-0.3, -0.25) is 9.59 Å². The van der Waals surface area contributed by atoms with Gasteiger partial charge in [0.1, 0.15) is 6.04 Å². The zero-order valence-corrected chi connectivity index (χ0v) is 23.8. The van der Waals surface area contributed by atoms with E-state index >= 15 is 0 Å². The molecule has 0 heterocycles. The minimum absolute atomic E-state index is 0.0417. The van der Waals surface area contributed by atoms with Crippen LogP contribution in [0, 0.1) is 5.92 Å². The Bertz CT molecular complexity index is 1110. The standard InChI is InChI=1S/C29H32BrClN2O2S/c1-21(2)19-32-29(35)27(18-22-6-4-3-5-7-22)33(20-23-8-10-24(30)11-9-23)28(34)16-17-36-26-14-12-25(31)13-15-26/h3-15,21,27H,16-20H2,1-2H3,(H,32,35)/t27-/m1/s1. The molecule has 3 aromatic rings. The first-order valence-electron chi connectivity index (χ1n) is 12.1. The zero-order chi connectivity index (χ0) is 25.9. The first-order chi connectivity index (χ1) is 17.3. The van der Waals surface area contributed by atoms with E-state index in [4.69, 9.17) is 11.6 Å². The zero-order valence-electron chi connectivity index (χ0n) is 20.6. The van der Waals surface area contributed by atoms with E-state index in [0.717, 1.165) is 20.5 Å². The maximum absolute atomic E-state index is 13.6. The number of amides is 2. The van der Waals surface area contributed by atoms with Gasteiger partial charge in [0.15, 0.2) is 0 Å². The van der Waals surface area contributed by atoms with Crippen LogP contribution in [0.1, 0.15) is 31.4 Å². The molecule has 0 spiro atoms. The minimum atomic E-state index is -0.608. The lowest BCUT2D eigenvalue weighted by Gasteiger charge is -2.32. The van der Waals surface area contributed by atoms with Crippen LogP contribution in [0.3, 0.4) is 0 Å². The normalized spacial score (nSPS) is 11.8. The summed E-state index contributed by atoms with van der Waals surface area (Å²) in [7, 11) is 0. The van der Waals surface area contributed by atoms with Crippen LogP contribution in [0.25, 0.3) is 0 Å². The van der Waals surface area contributed by atoms with Gasteiger partial charge in [-0.05, 0) is 53.4 Å². The molecule has 0 aliphatic carbocycles. The molecule has 3 rings (SSSR count). The summed E-state index contributed by atoms with van der Waals surface area (Å²) >= 11 is 11.1. The number of carbonyl (C=O) groups excluding carboxylic acids is 2. The molecule has 3 aromatic carbocycles. The molecule has 0 radical (unpaired) electrons. The largest absolute Gasteiger partial charge is 0.354 e. The molecule has 0 aromatic heterocycles. The molecule has 0 unspecified atom stereocenters. The fourth-order valence-corrected chi connectivity index (χ4v) is 4.92. The third-order valence-corrected chi connectivity index (χ3v) is 7.41. The Balaban J connectivity index is 1.82. The summed E-state index contributed by atoms with van der Waals surface area (Å²) in [5, 5.41) is 3.75. The maximum atomic E-state index is 13.6. The summed E-state index contributed by atoms with van der Waals surface area (Å²) in [6.07, 6.45) is 0.782. The highest BCUT2D eigenvalue weighted by Gasteiger charge is 2.30. The number of hydrogen-bond acceptors (Lipinski definition) is 3. The lowest BCUT2D eigenvalue weighted by atomic mass is 10.0. The predicted octanol–water partition coefficient (Wildman–Crippen LogP) is 7.00. The number of thioether (sulfide) groups is 1. The second kappa shape index (κ2) is 14.5. The topological polar surface area (TPSA) is 49.4 Å². The summed E-state index contributed by atoms with van der Waals surface area (Å²) in [6.45, 7) is 5.05. The van der Waals surface area contributed by atoms with Gasteiger partial charge < -0.3 is 10.2 Å². The Hall–Kier alpha value is -2.28. The first kappa shape index (κ1) is 28.3. The highest BCUT2D eigenvalue weighted by Crippen LogP contribution is 2.23. The number of rotatable bonds is 12. The van der Waals surface area contributed by atoms with Crippen LogP contribution in [0.5, 0.6) is 0 Å². The monoisotopic (exact) mass is 586 g/mol. The average Bonchev–Trinajstić information content (AvgIpc) is 2.87. The predicted molar refractivity (Wildman–Crippen MR) is 153 cm³/mol. The molecule has 0 saturated carbocycles. The van der Waals surface area contributed by atoms with Crippen LogP contribution < -0.4 is 5.32 Å². The smallest absolute Gasteiger partial charge is 0.243 e. The summed E-state index contributed by atoms with van der Waals surface area (Å²) in [6, 6.07) is 24.8. The van der Waals surface area contributed by atoms with Crippen LogP contribution in [-0.2, 0) is 22.6 Å². The third kappa shape index (κ3) is 9.30. The van der Waals surface area contributed by atoms with Crippen LogP contribution in [0.2, 0.25) is 5.02 Å². The molecule has 7 heteroatoms. The molecule has 1 atom stereocenters. The van der Waals surface area contributed by atoms with E-state index in [0.29, 0.717) is 42.6 Å². The quantitative estimate of drug-likeness (QED) is 0.232. The van der Waals surface area contributed by atoms with E-state index in [1.54, 1.807) is 16.7 Å². The van der Waals surface area contributed by atoms with Gasteiger partial charge in [0, 0.05) is 46.1 Å². The van der Waals surface area contributed by atoms with E-state index in [9.17, 15) is 9.59 Å². The molecular weight excluding hydrogens is 556 g/mol. The molecular formula is C29H32BrClN2O2S. The minimum Gasteiger partial charge on any atom is -0.354 e. The van der Waals surface area contributed by atoms with Gasteiger partial charge in [-0.2, -0.15) is 0 Å². The Morgan fingerprint density at radius 2 is 1.61 bits per heavy atom. The summed E-state index contributed by atoms with van der Waals surface area (Å²) in [5.74, 6) is 0.768. The Morgan fingerprint density at radius 1 is 0.944 bits per heavy atom. The van der Waals surface area contributed by atoms with E-state index in [-0.39, 0.29) is 11.8 Å². The van der Waals surface area contributed by atoms with E-state index in [1.807, 2.05) is 78.9 Å². The summed E-state index contributed by atoms with van der Waals surface area (Å²) in [4.78, 5) is 29.9. The van der Waals surface area contributed by atoms with Crippen molar-refractivity contribution in [3.8, 4) is 0 Å². The SMILES string of the molecule is CC(C)CNC(=O)[C@@H](Cc1ccccc1)N(Cc1ccc(Br)cc1)C(=O)CCSc1ccc(Cl)cc1. The van der Waals surface area contributed by atoms with Gasteiger partial charge in [0.2, 0.25) is 11.8 Å². The molecule has 2 amide bonds. The van der Waals surface area contributed by atoms with Crippen molar-refractivity contribution in [2.24, 2.45) is 5.92 Å². The Labute approximate surface area is 231 Å². The molecule has 190 valence electrons. The highest BCUT2D eigenvalue weighted by atomic mass is 79.9. The molecule has 0 aliphatic rings. The molecule has 4 nitrogen and oxygen atoms in total. The highest BCUT2D eigenvalue weighted by molar-refractivity contribution is 9.10. The Morgan fingerprint density at radius 3 is 2.25 bits per heavy atom. The van der Waals surface area contributed by atoms with Gasteiger partial charge in [-0.15, -0.1) is 11.8 Å². The molecule has 1 N–H and O–H groups in total. The van der Waals surface area contributed by atoms with Crippen molar-refractivity contribution in [1.82, 2.24) is 10.2 Å². The van der Waals surface area contributed by atoms with Crippen molar-refractivity contribution in [2.75, 3.05) is 12.3 Å². The summed E-state index contributed by atoms with van der Waals surface area (Å²) in [5.41, 5.74) is 2.00. The van der Waals surface area contributed by atoms with Crippen molar-refractivity contribution in [2.45, 2.75) is 44.2 Å². The Kier molecular flexibility index (Phi) is 11.4.